The lowest BCUT2D eigenvalue weighted by Gasteiger charge is -2.19. The summed E-state index contributed by atoms with van der Waals surface area (Å²) in [5.41, 5.74) is 4.48. The summed E-state index contributed by atoms with van der Waals surface area (Å²) >= 11 is 0. The van der Waals surface area contributed by atoms with Crippen molar-refractivity contribution in [1.82, 2.24) is 9.38 Å². The normalized spacial score (nSPS) is 11.8. The predicted octanol–water partition coefficient (Wildman–Crippen LogP) is 4.31. The maximum Gasteiger partial charge on any atom is 0.355 e. The van der Waals surface area contributed by atoms with Gasteiger partial charge >= 0.3 is 5.97 Å². The van der Waals surface area contributed by atoms with E-state index in [4.69, 9.17) is 0 Å². The van der Waals surface area contributed by atoms with Crippen LogP contribution in [-0.4, -0.2) is 20.5 Å². The number of imidazole rings is 1. The number of benzene rings is 1. The van der Waals surface area contributed by atoms with Crippen LogP contribution in [0.3, 0.4) is 0 Å². The highest BCUT2D eigenvalue weighted by atomic mass is 16.4. The molecule has 0 saturated heterocycles. The first-order valence-electron chi connectivity index (χ1n) is 7.60. The fourth-order valence-corrected chi connectivity index (χ4v) is 2.68. The Kier molecular flexibility index (Phi) is 3.48. The molecule has 3 aromatic rings. The van der Waals surface area contributed by atoms with E-state index in [-0.39, 0.29) is 11.1 Å². The van der Waals surface area contributed by atoms with Gasteiger partial charge in [0.15, 0.2) is 5.69 Å². The number of aromatic nitrogens is 2. The second-order valence-corrected chi connectivity index (χ2v) is 6.87. The lowest BCUT2D eigenvalue weighted by molar-refractivity contribution is 0.0690. The molecule has 0 fully saturated rings. The summed E-state index contributed by atoms with van der Waals surface area (Å²) in [6, 6.07) is 11.7. The highest BCUT2D eigenvalue weighted by Gasteiger charge is 2.20. The molecule has 0 atom stereocenters. The SMILES string of the molecule is Cc1ccn2c(C(=O)O)c(-c3ccc(C(C)(C)C)cc3)nc2c1. The van der Waals surface area contributed by atoms with Crippen molar-refractivity contribution in [2.45, 2.75) is 33.1 Å². The van der Waals surface area contributed by atoms with E-state index in [1.54, 1.807) is 10.6 Å². The van der Waals surface area contributed by atoms with Crippen LogP contribution in [0.5, 0.6) is 0 Å². The van der Waals surface area contributed by atoms with Gasteiger partial charge in [-0.1, -0.05) is 45.0 Å². The molecule has 3 rings (SSSR count). The van der Waals surface area contributed by atoms with Crippen LogP contribution in [0, 0.1) is 6.92 Å². The van der Waals surface area contributed by atoms with Crippen LogP contribution in [0.4, 0.5) is 0 Å². The standard InChI is InChI=1S/C19H20N2O2/c1-12-9-10-21-15(11-12)20-16(17(21)18(22)23)13-5-7-14(8-6-13)19(2,3)4/h5-11H,1-4H3,(H,22,23). The lowest BCUT2D eigenvalue weighted by atomic mass is 9.86. The van der Waals surface area contributed by atoms with Crippen LogP contribution in [-0.2, 0) is 5.41 Å². The monoisotopic (exact) mass is 308 g/mol. The van der Waals surface area contributed by atoms with E-state index in [9.17, 15) is 9.90 Å². The molecule has 118 valence electrons. The fraction of sp³-hybridized carbons (Fsp3) is 0.263. The van der Waals surface area contributed by atoms with Gasteiger partial charge in [0.2, 0.25) is 0 Å². The molecule has 0 aliphatic heterocycles. The quantitative estimate of drug-likeness (QED) is 0.767. The Morgan fingerprint density at radius 3 is 2.35 bits per heavy atom. The molecule has 2 aromatic heterocycles. The number of nitrogens with zero attached hydrogens (tertiary/aromatic N) is 2. The molecule has 0 saturated carbocycles. The average Bonchev–Trinajstić information content (AvgIpc) is 2.85. The second kappa shape index (κ2) is 5.23. The van der Waals surface area contributed by atoms with Gasteiger partial charge < -0.3 is 5.11 Å². The smallest absolute Gasteiger partial charge is 0.355 e. The zero-order valence-corrected chi connectivity index (χ0v) is 13.8. The summed E-state index contributed by atoms with van der Waals surface area (Å²) in [6.45, 7) is 8.42. The number of carbonyl (C=O) groups is 1. The number of aromatic carboxylic acids is 1. The van der Waals surface area contributed by atoms with Crippen molar-refractivity contribution in [2.75, 3.05) is 0 Å². The third-order valence-corrected chi connectivity index (χ3v) is 4.01. The van der Waals surface area contributed by atoms with Crippen molar-refractivity contribution in [1.29, 1.82) is 0 Å². The molecule has 1 aromatic carbocycles. The first kappa shape index (κ1) is 15.3. The third kappa shape index (κ3) is 2.72. The molecule has 4 nitrogen and oxygen atoms in total. The first-order chi connectivity index (χ1) is 10.8. The number of hydrogen-bond acceptors (Lipinski definition) is 2. The van der Waals surface area contributed by atoms with Gasteiger partial charge in [0.05, 0.1) is 0 Å². The maximum absolute atomic E-state index is 11.7. The number of hydrogen-bond donors (Lipinski definition) is 1. The van der Waals surface area contributed by atoms with Crippen LogP contribution < -0.4 is 0 Å². The van der Waals surface area contributed by atoms with Crippen molar-refractivity contribution in [3.63, 3.8) is 0 Å². The van der Waals surface area contributed by atoms with Gasteiger partial charge in [0.25, 0.3) is 0 Å². The van der Waals surface area contributed by atoms with E-state index in [1.807, 2.05) is 43.3 Å². The maximum atomic E-state index is 11.7. The zero-order chi connectivity index (χ0) is 16.8. The highest BCUT2D eigenvalue weighted by Crippen LogP contribution is 2.28. The van der Waals surface area contributed by atoms with E-state index in [2.05, 4.69) is 25.8 Å². The molecule has 23 heavy (non-hydrogen) atoms. The zero-order valence-electron chi connectivity index (χ0n) is 13.8. The number of carboxylic acid groups (broad SMARTS) is 1. The molecule has 0 aliphatic rings. The molecule has 0 unspecified atom stereocenters. The summed E-state index contributed by atoms with van der Waals surface area (Å²) < 4.78 is 1.63. The van der Waals surface area contributed by atoms with Crippen molar-refractivity contribution in [3.05, 3.63) is 59.4 Å². The highest BCUT2D eigenvalue weighted by molar-refractivity contribution is 5.94. The van der Waals surface area contributed by atoms with Crippen LogP contribution in [0.1, 0.15) is 42.4 Å². The number of carboxylic acids is 1. The molecular weight excluding hydrogens is 288 g/mol. The van der Waals surface area contributed by atoms with Gasteiger partial charge in [-0.3, -0.25) is 4.40 Å². The van der Waals surface area contributed by atoms with Gasteiger partial charge in [-0.05, 0) is 35.6 Å². The van der Waals surface area contributed by atoms with Gasteiger partial charge in [-0.25, -0.2) is 9.78 Å². The minimum absolute atomic E-state index is 0.0597. The van der Waals surface area contributed by atoms with Crippen molar-refractivity contribution in [3.8, 4) is 11.3 Å². The van der Waals surface area contributed by atoms with Crippen LogP contribution in [0.25, 0.3) is 16.9 Å². The molecule has 0 spiro atoms. The van der Waals surface area contributed by atoms with Gasteiger partial charge in [0, 0.05) is 11.8 Å². The molecule has 0 radical (unpaired) electrons. The first-order valence-corrected chi connectivity index (χ1v) is 7.60. The van der Waals surface area contributed by atoms with Gasteiger partial charge in [-0.2, -0.15) is 0 Å². The van der Waals surface area contributed by atoms with Crippen molar-refractivity contribution >= 4 is 11.6 Å². The summed E-state index contributed by atoms with van der Waals surface area (Å²) in [4.78, 5) is 16.3. The summed E-state index contributed by atoms with van der Waals surface area (Å²) in [5, 5.41) is 9.61. The van der Waals surface area contributed by atoms with Crippen LogP contribution in [0.2, 0.25) is 0 Å². The molecule has 0 aliphatic carbocycles. The average molecular weight is 308 g/mol. The Morgan fingerprint density at radius 2 is 1.78 bits per heavy atom. The summed E-state index contributed by atoms with van der Waals surface area (Å²) in [6.07, 6.45) is 1.76. The van der Waals surface area contributed by atoms with Gasteiger partial charge in [-0.15, -0.1) is 0 Å². The molecule has 4 heteroatoms. The summed E-state index contributed by atoms with van der Waals surface area (Å²) in [5.74, 6) is -0.976. The topological polar surface area (TPSA) is 54.6 Å². The Labute approximate surface area is 135 Å². The van der Waals surface area contributed by atoms with Gasteiger partial charge in [0.1, 0.15) is 11.3 Å². The second-order valence-electron chi connectivity index (χ2n) is 6.87. The fourth-order valence-electron chi connectivity index (χ4n) is 2.68. The van der Waals surface area contributed by atoms with E-state index in [0.29, 0.717) is 11.3 Å². The van der Waals surface area contributed by atoms with Crippen LogP contribution >= 0.6 is 0 Å². The summed E-state index contributed by atoms with van der Waals surface area (Å²) in [7, 11) is 0. The van der Waals surface area contributed by atoms with Crippen molar-refractivity contribution < 1.29 is 9.90 Å². The van der Waals surface area contributed by atoms with E-state index < -0.39 is 5.97 Å². The van der Waals surface area contributed by atoms with E-state index >= 15 is 0 Å². The number of rotatable bonds is 2. The Bertz CT molecular complexity index is 884. The molecule has 2 heterocycles. The minimum Gasteiger partial charge on any atom is -0.476 e. The minimum atomic E-state index is -0.976. The molecular formula is C19H20N2O2. The number of fused-ring (bicyclic) bond motifs is 1. The largest absolute Gasteiger partial charge is 0.476 e. The predicted molar refractivity (Wildman–Crippen MR) is 91.0 cm³/mol. The Balaban J connectivity index is 2.19. The number of aryl methyl sites for hydroxylation is 1. The van der Waals surface area contributed by atoms with E-state index in [1.165, 1.54) is 5.56 Å². The molecule has 1 N–H and O–H groups in total. The Morgan fingerprint density at radius 1 is 1.13 bits per heavy atom. The Hall–Kier alpha value is -2.62. The van der Waals surface area contributed by atoms with Crippen LogP contribution in [0.15, 0.2) is 42.6 Å². The lowest BCUT2D eigenvalue weighted by Crippen LogP contribution is -2.10. The third-order valence-electron chi connectivity index (χ3n) is 4.01. The molecule has 0 bridgehead atoms. The van der Waals surface area contributed by atoms with Crippen molar-refractivity contribution in [2.24, 2.45) is 0 Å². The molecule has 0 amide bonds. The number of pyridine rings is 1. The van der Waals surface area contributed by atoms with E-state index in [0.717, 1.165) is 11.1 Å².